The van der Waals surface area contributed by atoms with Crippen LogP contribution in [0.3, 0.4) is 0 Å². The van der Waals surface area contributed by atoms with Gasteiger partial charge >= 0.3 is 0 Å². The lowest BCUT2D eigenvalue weighted by Crippen LogP contribution is -2.21. The van der Waals surface area contributed by atoms with E-state index in [9.17, 15) is 0 Å². The summed E-state index contributed by atoms with van der Waals surface area (Å²) in [6.07, 6.45) is 4.15. The van der Waals surface area contributed by atoms with E-state index in [2.05, 4.69) is 60.9 Å². The van der Waals surface area contributed by atoms with E-state index in [1.54, 1.807) is 0 Å². The highest BCUT2D eigenvalue weighted by Gasteiger charge is 2.38. The molecule has 0 spiro atoms. The summed E-state index contributed by atoms with van der Waals surface area (Å²) in [6.45, 7) is 4.81. The lowest BCUT2D eigenvalue weighted by molar-refractivity contribution is 0.631. The molecular weight excluding hydrogens is 260 g/mol. The van der Waals surface area contributed by atoms with Crippen LogP contribution in [0.4, 0.5) is 0 Å². The van der Waals surface area contributed by atoms with Gasteiger partial charge in [-0.05, 0) is 26.2 Å². The zero-order valence-corrected chi connectivity index (χ0v) is 12.8. The van der Waals surface area contributed by atoms with Gasteiger partial charge in [0.1, 0.15) is 0 Å². The molecule has 2 fully saturated rings. The topological polar surface area (TPSA) is 0 Å². The molecular formula is C11H20S4. The zero-order chi connectivity index (χ0) is 10.8. The first kappa shape index (κ1) is 12.8. The second kappa shape index (κ2) is 5.36. The molecule has 0 aromatic rings. The van der Waals surface area contributed by atoms with Crippen LogP contribution in [0, 0.1) is 0 Å². The minimum Gasteiger partial charge on any atom is -0.144 e. The van der Waals surface area contributed by atoms with Crippen molar-refractivity contribution in [3.8, 4) is 0 Å². The second-order valence-corrected chi connectivity index (χ2v) is 11.0. The van der Waals surface area contributed by atoms with Crippen LogP contribution in [0.5, 0.6) is 0 Å². The summed E-state index contributed by atoms with van der Waals surface area (Å²) in [4.78, 5) is 0. The summed E-state index contributed by atoms with van der Waals surface area (Å²) in [5.41, 5.74) is 0. The Balaban J connectivity index is 1.85. The van der Waals surface area contributed by atoms with Crippen LogP contribution in [0.2, 0.25) is 0 Å². The average Bonchev–Trinajstić information content (AvgIpc) is 2.86. The summed E-state index contributed by atoms with van der Waals surface area (Å²) in [5, 5.41) is 0. The van der Waals surface area contributed by atoms with Crippen molar-refractivity contribution >= 4 is 47.0 Å². The molecule has 0 saturated carbocycles. The van der Waals surface area contributed by atoms with Crippen molar-refractivity contribution in [2.75, 3.05) is 23.0 Å². The summed E-state index contributed by atoms with van der Waals surface area (Å²) in [7, 11) is 0. The largest absolute Gasteiger partial charge is 0.144 e. The maximum Gasteiger partial charge on any atom is 0.0609 e. The summed E-state index contributed by atoms with van der Waals surface area (Å²) in [6, 6.07) is 0. The smallest absolute Gasteiger partial charge is 0.0609 e. The monoisotopic (exact) mass is 280 g/mol. The van der Waals surface area contributed by atoms with Gasteiger partial charge in [-0.3, -0.25) is 0 Å². The molecule has 4 heteroatoms. The molecule has 88 valence electrons. The fourth-order valence-corrected chi connectivity index (χ4v) is 8.14. The molecule has 0 aliphatic carbocycles. The summed E-state index contributed by atoms with van der Waals surface area (Å²) < 4.78 is 1.11. The van der Waals surface area contributed by atoms with E-state index in [1.807, 2.05) is 0 Å². The van der Waals surface area contributed by atoms with Gasteiger partial charge in [0.2, 0.25) is 0 Å². The molecule has 15 heavy (non-hydrogen) atoms. The van der Waals surface area contributed by atoms with E-state index in [0.717, 1.165) is 0 Å². The number of thioether (sulfide) groups is 4. The van der Waals surface area contributed by atoms with Gasteiger partial charge in [0.05, 0.1) is 8.16 Å². The molecule has 2 heterocycles. The van der Waals surface area contributed by atoms with Gasteiger partial charge < -0.3 is 0 Å². The molecule has 0 aromatic heterocycles. The molecule has 0 atom stereocenters. The van der Waals surface area contributed by atoms with Crippen molar-refractivity contribution in [2.24, 2.45) is 0 Å². The van der Waals surface area contributed by atoms with Crippen LogP contribution in [-0.4, -0.2) is 31.2 Å². The van der Waals surface area contributed by atoms with Crippen LogP contribution < -0.4 is 0 Å². The molecule has 0 radical (unpaired) electrons. The predicted octanol–water partition coefficient (Wildman–Crippen LogP) is 4.55. The normalized spacial score (nSPS) is 28.4. The first-order valence-corrected chi connectivity index (χ1v) is 9.68. The Labute approximate surface area is 111 Å². The fourth-order valence-electron chi connectivity index (χ4n) is 2.14. The SMILES string of the molecule is CCC1(CCC2(C)SCCS2)SCCS1. The quantitative estimate of drug-likeness (QED) is 0.740. The Bertz CT molecular complexity index is 205. The van der Waals surface area contributed by atoms with Crippen LogP contribution >= 0.6 is 47.0 Å². The first-order chi connectivity index (χ1) is 7.18. The number of hydrogen-bond acceptors (Lipinski definition) is 4. The molecule has 0 N–H and O–H groups in total. The minimum absolute atomic E-state index is 0.534. The molecule has 0 bridgehead atoms. The Morgan fingerprint density at radius 1 is 0.867 bits per heavy atom. The van der Waals surface area contributed by atoms with Crippen molar-refractivity contribution in [3.63, 3.8) is 0 Å². The third kappa shape index (κ3) is 3.20. The first-order valence-electron chi connectivity index (χ1n) is 5.74. The Morgan fingerprint density at radius 2 is 1.40 bits per heavy atom. The highest BCUT2D eigenvalue weighted by atomic mass is 32.2. The van der Waals surface area contributed by atoms with Gasteiger partial charge in [-0.2, -0.15) is 0 Å². The Morgan fingerprint density at radius 3 is 1.93 bits per heavy atom. The summed E-state index contributed by atoms with van der Waals surface area (Å²) >= 11 is 8.80. The predicted molar refractivity (Wildman–Crippen MR) is 80.5 cm³/mol. The third-order valence-electron chi connectivity index (χ3n) is 3.21. The van der Waals surface area contributed by atoms with Gasteiger partial charge in [-0.25, -0.2) is 0 Å². The van der Waals surface area contributed by atoms with Crippen LogP contribution in [0.25, 0.3) is 0 Å². The van der Waals surface area contributed by atoms with Crippen molar-refractivity contribution in [3.05, 3.63) is 0 Å². The standard InChI is InChI=1S/C11H20S4/c1-3-11(14-8-9-15-11)5-4-10(2)12-6-7-13-10/h3-9H2,1-2H3. The van der Waals surface area contributed by atoms with Crippen LogP contribution in [-0.2, 0) is 0 Å². The fraction of sp³-hybridized carbons (Fsp3) is 1.00. The van der Waals surface area contributed by atoms with Gasteiger partial charge in [0.15, 0.2) is 0 Å². The summed E-state index contributed by atoms with van der Waals surface area (Å²) in [5.74, 6) is 5.46. The molecule has 0 nitrogen and oxygen atoms in total. The zero-order valence-electron chi connectivity index (χ0n) is 9.58. The van der Waals surface area contributed by atoms with Crippen LogP contribution in [0.15, 0.2) is 0 Å². The highest BCUT2D eigenvalue weighted by Crippen LogP contribution is 2.54. The Kier molecular flexibility index (Phi) is 4.59. The molecule has 0 aromatic carbocycles. The minimum atomic E-state index is 0.534. The third-order valence-corrected chi connectivity index (χ3v) is 10.4. The lowest BCUT2D eigenvalue weighted by Gasteiger charge is -2.30. The maximum absolute atomic E-state index is 2.45. The van der Waals surface area contributed by atoms with E-state index in [4.69, 9.17) is 0 Å². The number of rotatable bonds is 4. The van der Waals surface area contributed by atoms with Crippen LogP contribution in [0.1, 0.15) is 33.1 Å². The molecule has 2 saturated heterocycles. The molecule has 0 unspecified atom stereocenters. The maximum atomic E-state index is 2.45. The van der Waals surface area contributed by atoms with Crippen molar-refractivity contribution in [1.29, 1.82) is 0 Å². The van der Waals surface area contributed by atoms with Gasteiger partial charge in [-0.1, -0.05) is 6.92 Å². The lowest BCUT2D eigenvalue weighted by atomic mass is 10.1. The van der Waals surface area contributed by atoms with Crippen molar-refractivity contribution in [1.82, 2.24) is 0 Å². The molecule has 2 rings (SSSR count). The van der Waals surface area contributed by atoms with E-state index < -0.39 is 0 Å². The van der Waals surface area contributed by atoms with Gasteiger partial charge in [-0.15, -0.1) is 47.0 Å². The van der Waals surface area contributed by atoms with Crippen molar-refractivity contribution < 1.29 is 0 Å². The highest BCUT2D eigenvalue weighted by molar-refractivity contribution is 8.21. The Hall–Kier alpha value is 1.40. The second-order valence-electron chi connectivity index (χ2n) is 4.29. The molecule has 0 amide bonds. The van der Waals surface area contributed by atoms with E-state index in [1.165, 1.54) is 42.3 Å². The van der Waals surface area contributed by atoms with E-state index in [-0.39, 0.29) is 0 Å². The molecule has 2 aliphatic heterocycles. The van der Waals surface area contributed by atoms with E-state index in [0.29, 0.717) is 8.16 Å². The average molecular weight is 281 g/mol. The molecule has 2 aliphatic rings. The van der Waals surface area contributed by atoms with Gasteiger partial charge in [0.25, 0.3) is 0 Å². The van der Waals surface area contributed by atoms with Gasteiger partial charge in [0, 0.05) is 23.0 Å². The van der Waals surface area contributed by atoms with Crippen molar-refractivity contribution in [2.45, 2.75) is 41.3 Å². The van der Waals surface area contributed by atoms with E-state index >= 15 is 0 Å². The number of hydrogen-bond donors (Lipinski definition) is 0.